The molecule has 0 heterocycles. The highest BCUT2D eigenvalue weighted by molar-refractivity contribution is 4.95. The Morgan fingerprint density at radius 2 is 1.43 bits per heavy atom. The molecule has 0 spiro atoms. The zero-order valence-corrected chi connectivity index (χ0v) is 6.88. The predicted octanol–water partition coefficient (Wildman–Crippen LogP) is 2.59. The fourth-order valence-electron chi connectivity index (χ4n) is 0.654. The van der Waals surface area contributed by atoms with Gasteiger partial charge in [-0.2, -0.15) is 26.3 Å². The van der Waals surface area contributed by atoms with Gasteiger partial charge in [-0.05, 0) is 6.42 Å². The van der Waals surface area contributed by atoms with Gasteiger partial charge in [0.25, 0.3) is 0 Å². The van der Waals surface area contributed by atoms with Crippen LogP contribution in [0.4, 0.5) is 30.7 Å². The van der Waals surface area contributed by atoms with Gasteiger partial charge >= 0.3 is 18.0 Å². The molecule has 0 aliphatic rings. The molecule has 0 amide bonds. The van der Waals surface area contributed by atoms with Gasteiger partial charge < -0.3 is 5.11 Å². The molecule has 0 fully saturated rings. The van der Waals surface area contributed by atoms with E-state index in [1.165, 1.54) is 0 Å². The Morgan fingerprint density at radius 1 is 1.07 bits per heavy atom. The summed E-state index contributed by atoms with van der Waals surface area (Å²) in [6.07, 6.45) is -10.5. The van der Waals surface area contributed by atoms with Crippen molar-refractivity contribution in [2.24, 2.45) is 0 Å². The van der Waals surface area contributed by atoms with Crippen LogP contribution in [0.5, 0.6) is 0 Å². The van der Waals surface area contributed by atoms with Crippen molar-refractivity contribution in [3.63, 3.8) is 0 Å². The molecular formula is C6H7F7O. The van der Waals surface area contributed by atoms with Crippen LogP contribution >= 0.6 is 0 Å². The van der Waals surface area contributed by atoms with Crippen molar-refractivity contribution < 1.29 is 35.8 Å². The number of halogens is 7. The number of alkyl halides is 7. The van der Waals surface area contributed by atoms with Gasteiger partial charge in [0.15, 0.2) is 6.17 Å². The van der Waals surface area contributed by atoms with E-state index >= 15 is 0 Å². The molecule has 14 heavy (non-hydrogen) atoms. The SMILES string of the molecule is CCC(F)C(F)(F)C(F)(F)C(O)(F)F. The quantitative estimate of drug-likeness (QED) is 0.733. The predicted molar refractivity (Wildman–Crippen MR) is 32.2 cm³/mol. The first-order valence-electron chi connectivity index (χ1n) is 3.48. The van der Waals surface area contributed by atoms with E-state index in [4.69, 9.17) is 5.11 Å². The molecule has 0 radical (unpaired) electrons. The summed E-state index contributed by atoms with van der Waals surface area (Å²) in [7, 11) is 0. The fraction of sp³-hybridized carbons (Fsp3) is 1.00. The molecule has 0 saturated carbocycles. The van der Waals surface area contributed by atoms with Crippen molar-refractivity contribution in [1.82, 2.24) is 0 Å². The van der Waals surface area contributed by atoms with Crippen molar-refractivity contribution in [2.45, 2.75) is 37.5 Å². The van der Waals surface area contributed by atoms with Crippen LogP contribution in [0.15, 0.2) is 0 Å². The minimum atomic E-state index is -6.13. The van der Waals surface area contributed by atoms with E-state index in [2.05, 4.69) is 0 Å². The molecular weight excluding hydrogens is 221 g/mol. The van der Waals surface area contributed by atoms with Crippen LogP contribution in [0.3, 0.4) is 0 Å². The Morgan fingerprint density at radius 3 is 1.64 bits per heavy atom. The molecule has 1 unspecified atom stereocenters. The van der Waals surface area contributed by atoms with Gasteiger partial charge in [0, 0.05) is 0 Å². The Labute approximate surface area is 74.5 Å². The number of rotatable bonds is 4. The first kappa shape index (κ1) is 13.5. The van der Waals surface area contributed by atoms with E-state index in [0.29, 0.717) is 0 Å². The Hall–Kier alpha value is -0.530. The Bertz CT molecular complexity index is 197. The smallest absolute Gasteiger partial charge is 0.331 e. The zero-order valence-electron chi connectivity index (χ0n) is 6.88. The molecule has 0 aliphatic heterocycles. The lowest BCUT2D eigenvalue weighted by Crippen LogP contribution is -2.58. The lowest BCUT2D eigenvalue weighted by Gasteiger charge is -2.30. The Balaban J connectivity index is 5.07. The summed E-state index contributed by atoms with van der Waals surface area (Å²) < 4.78 is 84.5. The molecule has 0 bridgehead atoms. The van der Waals surface area contributed by atoms with E-state index < -0.39 is 30.5 Å². The molecule has 0 aromatic carbocycles. The van der Waals surface area contributed by atoms with Gasteiger partial charge in [0.2, 0.25) is 0 Å². The van der Waals surface area contributed by atoms with E-state index in [1.54, 1.807) is 0 Å². The lowest BCUT2D eigenvalue weighted by atomic mass is 10.0. The third-order valence-corrected chi connectivity index (χ3v) is 1.55. The molecule has 86 valence electrons. The summed E-state index contributed by atoms with van der Waals surface area (Å²) >= 11 is 0. The minimum absolute atomic E-state index is 0.782. The van der Waals surface area contributed by atoms with Crippen molar-refractivity contribution in [2.75, 3.05) is 0 Å². The third kappa shape index (κ3) is 1.94. The minimum Gasteiger partial charge on any atom is -0.331 e. The summed E-state index contributed by atoms with van der Waals surface area (Å²) in [5.41, 5.74) is 0. The molecule has 0 aromatic heterocycles. The van der Waals surface area contributed by atoms with Gasteiger partial charge in [-0.3, -0.25) is 0 Å². The van der Waals surface area contributed by atoms with Crippen LogP contribution in [0.25, 0.3) is 0 Å². The number of aliphatic hydroxyl groups is 1. The monoisotopic (exact) mass is 228 g/mol. The molecule has 0 saturated heterocycles. The van der Waals surface area contributed by atoms with Crippen LogP contribution in [0.2, 0.25) is 0 Å². The van der Waals surface area contributed by atoms with E-state index in [-0.39, 0.29) is 0 Å². The normalized spacial score (nSPS) is 16.9. The highest BCUT2D eigenvalue weighted by Gasteiger charge is 2.74. The summed E-state index contributed by atoms with van der Waals surface area (Å²) in [5, 5.41) is 7.50. The first-order valence-corrected chi connectivity index (χ1v) is 3.48. The fourth-order valence-corrected chi connectivity index (χ4v) is 0.654. The van der Waals surface area contributed by atoms with Crippen LogP contribution in [-0.2, 0) is 0 Å². The van der Waals surface area contributed by atoms with E-state index in [1.807, 2.05) is 0 Å². The van der Waals surface area contributed by atoms with Crippen LogP contribution in [0, 0.1) is 0 Å². The van der Waals surface area contributed by atoms with Crippen molar-refractivity contribution in [3.05, 3.63) is 0 Å². The van der Waals surface area contributed by atoms with Crippen molar-refractivity contribution in [1.29, 1.82) is 0 Å². The molecule has 1 atom stereocenters. The third-order valence-electron chi connectivity index (χ3n) is 1.55. The van der Waals surface area contributed by atoms with Gasteiger partial charge in [0.1, 0.15) is 0 Å². The van der Waals surface area contributed by atoms with Crippen molar-refractivity contribution >= 4 is 0 Å². The van der Waals surface area contributed by atoms with Gasteiger partial charge in [-0.1, -0.05) is 6.92 Å². The first-order chi connectivity index (χ1) is 5.98. The van der Waals surface area contributed by atoms with Gasteiger partial charge in [0.05, 0.1) is 0 Å². The average molecular weight is 228 g/mol. The maximum atomic E-state index is 12.3. The Kier molecular flexibility index (Phi) is 3.42. The number of hydrogen-bond acceptors (Lipinski definition) is 1. The standard InChI is InChI=1S/C6H7F7O/c1-2-3(7)4(8,9)5(10,11)6(12,13)14/h3,14H,2H2,1H3. The van der Waals surface area contributed by atoms with Crippen LogP contribution < -0.4 is 0 Å². The van der Waals surface area contributed by atoms with Crippen molar-refractivity contribution in [3.8, 4) is 0 Å². The average Bonchev–Trinajstić information content (AvgIpc) is 2.00. The second-order valence-corrected chi connectivity index (χ2v) is 2.61. The topological polar surface area (TPSA) is 20.2 Å². The van der Waals surface area contributed by atoms with Gasteiger partial charge in [-0.25, -0.2) is 4.39 Å². The number of hydrogen-bond donors (Lipinski definition) is 1. The van der Waals surface area contributed by atoms with E-state index in [0.717, 1.165) is 6.92 Å². The highest BCUT2D eigenvalue weighted by atomic mass is 19.4. The zero-order chi connectivity index (χ0) is 11.8. The van der Waals surface area contributed by atoms with Crippen LogP contribution in [-0.4, -0.2) is 29.2 Å². The van der Waals surface area contributed by atoms with Crippen LogP contribution in [0.1, 0.15) is 13.3 Å². The maximum absolute atomic E-state index is 12.3. The van der Waals surface area contributed by atoms with E-state index in [9.17, 15) is 30.7 Å². The second-order valence-electron chi connectivity index (χ2n) is 2.61. The second kappa shape index (κ2) is 3.56. The molecule has 8 heteroatoms. The maximum Gasteiger partial charge on any atom is 0.423 e. The van der Waals surface area contributed by atoms with Gasteiger partial charge in [-0.15, -0.1) is 0 Å². The summed E-state index contributed by atoms with van der Waals surface area (Å²) in [6, 6.07) is 0. The summed E-state index contributed by atoms with van der Waals surface area (Å²) in [4.78, 5) is 0. The summed E-state index contributed by atoms with van der Waals surface area (Å²) in [5.74, 6) is -11.7. The molecule has 0 rings (SSSR count). The largest absolute Gasteiger partial charge is 0.423 e. The highest BCUT2D eigenvalue weighted by Crippen LogP contribution is 2.47. The molecule has 0 aromatic rings. The molecule has 1 nitrogen and oxygen atoms in total. The molecule has 1 N–H and O–H groups in total. The lowest BCUT2D eigenvalue weighted by molar-refractivity contribution is -0.392. The summed E-state index contributed by atoms with van der Waals surface area (Å²) in [6.45, 7) is 0.782. The molecule has 0 aliphatic carbocycles.